The van der Waals surface area contributed by atoms with Crippen molar-refractivity contribution in [2.24, 2.45) is 0 Å². The highest BCUT2D eigenvalue weighted by Gasteiger charge is 2.25. The highest BCUT2D eigenvalue weighted by atomic mass is 19.1. The first kappa shape index (κ1) is 13.5. The molecule has 0 bridgehead atoms. The predicted molar refractivity (Wildman–Crippen MR) is 75.6 cm³/mol. The lowest BCUT2D eigenvalue weighted by atomic mass is 9.99. The van der Waals surface area contributed by atoms with Gasteiger partial charge in [0.1, 0.15) is 11.4 Å². The average molecular weight is 286 g/mol. The van der Waals surface area contributed by atoms with Crippen molar-refractivity contribution < 1.29 is 13.9 Å². The zero-order chi connectivity index (χ0) is 14.8. The molecule has 3 rings (SSSR count). The van der Waals surface area contributed by atoms with Crippen LogP contribution in [0.5, 0.6) is 5.88 Å². The van der Waals surface area contributed by atoms with Gasteiger partial charge in [0.25, 0.3) is 5.91 Å². The molecule has 1 amide bonds. The number of rotatable bonds is 2. The Hall–Kier alpha value is -2.43. The molecule has 1 aromatic carbocycles. The number of aromatic nitrogens is 1. The lowest BCUT2D eigenvalue weighted by molar-refractivity contribution is 0.0728. The molecule has 2 heterocycles. The first-order valence-corrected chi connectivity index (χ1v) is 6.75. The van der Waals surface area contributed by atoms with Crippen LogP contribution in [0.3, 0.4) is 0 Å². The summed E-state index contributed by atoms with van der Waals surface area (Å²) in [5, 5.41) is 0. The van der Waals surface area contributed by atoms with Gasteiger partial charge in [-0.25, -0.2) is 9.37 Å². The molecule has 0 fully saturated rings. The molecule has 108 valence electrons. The van der Waals surface area contributed by atoms with Crippen LogP contribution in [-0.4, -0.2) is 29.4 Å². The Morgan fingerprint density at radius 3 is 3.00 bits per heavy atom. The lowest BCUT2D eigenvalue weighted by Crippen LogP contribution is -2.36. The van der Waals surface area contributed by atoms with Crippen LogP contribution in [0.4, 0.5) is 4.39 Å². The maximum absolute atomic E-state index is 13.9. The van der Waals surface area contributed by atoms with Crippen molar-refractivity contribution in [1.82, 2.24) is 9.88 Å². The van der Waals surface area contributed by atoms with Crippen LogP contribution < -0.4 is 4.74 Å². The van der Waals surface area contributed by atoms with Gasteiger partial charge in [-0.2, -0.15) is 0 Å². The summed E-state index contributed by atoms with van der Waals surface area (Å²) >= 11 is 0. The minimum absolute atomic E-state index is 0.186. The van der Waals surface area contributed by atoms with Crippen LogP contribution in [0.1, 0.15) is 21.5 Å². The molecule has 2 aromatic rings. The maximum atomic E-state index is 13.9. The molecule has 0 spiro atoms. The zero-order valence-electron chi connectivity index (χ0n) is 11.7. The summed E-state index contributed by atoms with van der Waals surface area (Å²) < 4.78 is 19.0. The van der Waals surface area contributed by atoms with E-state index in [0.29, 0.717) is 30.0 Å². The van der Waals surface area contributed by atoms with Gasteiger partial charge in [0.2, 0.25) is 5.88 Å². The number of fused-ring (bicyclic) bond motifs is 1. The van der Waals surface area contributed by atoms with E-state index in [1.165, 1.54) is 13.2 Å². The number of hydrogen-bond donors (Lipinski definition) is 0. The number of carbonyl (C=O) groups is 1. The maximum Gasteiger partial charge on any atom is 0.259 e. The Bertz CT molecular complexity index is 688. The Morgan fingerprint density at radius 2 is 2.19 bits per heavy atom. The van der Waals surface area contributed by atoms with Gasteiger partial charge in [-0.15, -0.1) is 0 Å². The minimum atomic E-state index is -0.261. The fourth-order valence-corrected chi connectivity index (χ4v) is 2.60. The smallest absolute Gasteiger partial charge is 0.259 e. The van der Waals surface area contributed by atoms with Crippen LogP contribution in [0.15, 0.2) is 36.5 Å². The summed E-state index contributed by atoms with van der Waals surface area (Å²) in [6.45, 7) is 0.840. The Labute approximate surface area is 122 Å². The predicted octanol–water partition coefficient (Wildman–Crippen LogP) is 2.43. The largest absolute Gasteiger partial charge is 0.480 e. The molecule has 0 radical (unpaired) electrons. The van der Waals surface area contributed by atoms with Crippen LogP contribution in [0.25, 0.3) is 0 Å². The normalized spacial score (nSPS) is 13.7. The molecule has 0 aliphatic carbocycles. The fraction of sp³-hybridized carbons (Fsp3) is 0.250. The van der Waals surface area contributed by atoms with Crippen molar-refractivity contribution in [2.75, 3.05) is 13.7 Å². The van der Waals surface area contributed by atoms with Gasteiger partial charge >= 0.3 is 0 Å². The third-order valence-electron chi connectivity index (χ3n) is 3.70. The number of methoxy groups -OCH3 is 1. The van der Waals surface area contributed by atoms with E-state index in [1.807, 2.05) is 6.07 Å². The van der Waals surface area contributed by atoms with E-state index >= 15 is 0 Å². The van der Waals surface area contributed by atoms with Crippen molar-refractivity contribution in [2.45, 2.75) is 13.0 Å². The molecule has 0 atom stereocenters. The molecule has 0 saturated carbocycles. The van der Waals surface area contributed by atoms with Crippen molar-refractivity contribution in [3.8, 4) is 5.88 Å². The lowest BCUT2D eigenvalue weighted by Gasteiger charge is -2.29. The number of carbonyl (C=O) groups excluding carboxylic acids is 1. The van der Waals surface area contributed by atoms with E-state index in [1.54, 1.807) is 29.3 Å². The van der Waals surface area contributed by atoms with E-state index in [9.17, 15) is 9.18 Å². The van der Waals surface area contributed by atoms with Crippen LogP contribution in [-0.2, 0) is 13.0 Å². The number of benzene rings is 1. The average Bonchev–Trinajstić information content (AvgIpc) is 2.54. The number of pyridine rings is 1. The van der Waals surface area contributed by atoms with Crippen molar-refractivity contribution in [1.29, 1.82) is 0 Å². The van der Waals surface area contributed by atoms with Gasteiger partial charge in [-0.3, -0.25) is 4.79 Å². The minimum Gasteiger partial charge on any atom is -0.480 e. The molecule has 5 heteroatoms. The Kier molecular flexibility index (Phi) is 3.56. The van der Waals surface area contributed by atoms with Gasteiger partial charge in [0, 0.05) is 24.8 Å². The van der Waals surface area contributed by atoms with Crippen LogP contribution in [0, 0.1) is 5.82 Å². The second-order valence-corrected chi connectivity index (χ2v) is 4.91. The summed E-state index contributed by atoms with van der Waals surface area (Å²) in [6.07, 6.45) is 2.22. The standard InChI is InChI=1S/C16H15FN2O2/c1-21-15-12(5-3-8-18-15)16(20)19-9-7-11-4-2-6-14(17)13(11)10-19/h2-6,8H,7,9-10H2,1H3. The zero-order valence-corrected chi connectivity index (χ0v) is 11.7. The van der Waals surface area contributed by atoms with Gasteiger partial charge in [0.05, 0.1) is 7.11 Å². The highest BCUT2D eigenvalue weighted by molar-refractivity contribution is 5.96. The second-order valence-electron chi connectivity index (χ2n) is 4.91. The van der Waals surface area contributed by atoms with Crippen molar-refractivity contribution in [3.63, 3.8) is 0 Å². The van der Waals surface area contributed by atoms with E-state index in [4.69, 9.17) is 4.74 Å². The summed E-state index contributed by atoms with van der Waals surface area (Å²) in [6, 6.07) is 8.40. The third-order valence-corrected chi connectivity index (χ3v) is 3.70. The number of hydrogen-bond acceptors (Lipinski definition) is 3. The molecular weight excluding hydrogens is 271 g/mol. The number of amides is 1. The van der Waals surface area contributed by atoms with Gasteiger partial charge < -0.3 is 9.64 Å². The molecule has 4 nitrogen and oxygen atoms in total. The molecule has 1 aromatic heterocycles. The van der Waals surface area contributed by atoms with E-state index < -0.39 is 0 Å². The molecule has 1 aliphatic rings. The topological polar surface area (TPSA) is 42.4 Å². The van der Waals surface area contributed by atoms with Gasteiger partial charge in [-0.05, 0) is 30.2 Å². The fourth-order valence-electron chi connectivity index (χ4n) is 2.60. The van der Waals surface area contributed by atoms with Gasteiger partial charge in [-0.1, -0.05) is 12.1 Å². The van der Waals surface area contributed by atoms with Crippen molar-refractivity contribution in [3.05, 3.63) is 59.0 Å². The van der Waals surface area contributed by atoms with Gasteiger partial charge in [0.15, 0.2) is 0 Å². The summed E-state index contributed by atoms with van der Waals surface area (Å²) in [5.74, 6) is -0.154. The molecule has 0 saturated heterocycles. The molecule has 1 aliphatic heterocycles. The second kappa shape index (κ2) is 5.52. The molecule has 21 heavy (non-hydrogen) atoms. The van der Waals surface area contributed by atoms with E-state index in [-0.39, 0.29) is 18.3 Å². The summed E-state index contributed by atoms with van der Waals surface area (Å²) in [5.41, 5.74) is 1.97. The Morgan fingerprint density at radius 1 is 1.33 bits per heavy atom. The molecular formula is C16H15FN2O2. The highest BCUT2D eigenvalue weighted by Crippen LogP contribution is 2.24. The van der Waals surface area contributed by atoms with Crippen LogP contribution >= 0.6 is 0 Å². The Balaban J connectivity index is 1.89. The first-order chi connectivity index (χ1) is 10.2. The monoisotopic (exact) mass is 286 g/mol. The number of nitrogens with zero attached hydrogens (tertiary/aromatic N) is 2. The molecule has 0 unspecified atom stereocenters. The first-order valence-electron chi connectivity index (χ1n) is 6.75. The molecule has 0 N–H and O–H groups in total. The van der Waals surface area contributed by atoms with E-state index in [0.717, 1.165) is 5.56 Å². The van der Waals surface area contributed by atoms with E-state index in [2.05, 4.69) is 4.98 Å². The third kappa shape index (κ3) is 2.46. The SMILES string of the molecule is COc1ncccc1C(=O)N1CCc2cccc(F)c2C1. The van der Waals surface area contributed by atoms with Crippen molar-refractivity contribution >= 4 is 5.91 Å². The number of halogens is 1. The van der Waals surface area contributed by atoms with Crippen LogP contribution in [0.2, 0.25) is 0 Å². The quantitative estimate of drug-likeness (QED) is 0.851. The summed E-state index contributed by atoms with van der Waals surface area (Å²) in [4.78, 5) is 18.2. The summed E-state index contributed by atoms with van der Waals surface area (Å²) in [7, 11) is 1.48. The number of ether oxygens (including phenoxy) is 1.